The summed E-state index contributed by atoms with van der Waals surface area (Å²) < 4.78 is 6.30. The normalized spacial score (nSPS) is 14.1. The monoisotopic (exact) mass is 244 g/mol. The molecule has 3 heteroatoms. The van der Waals surface area contributed by atoms with Crippen molar-refractivity contribution < 1.29 is 9.53 Å². The Bertz CT molecular complexity index is 210. The van der Waals surface area contributed by atoms with Gasteiger partial charge in [0, 0.05) is 0 Å². The summed E-state index contributed by atoms with van der Waals surface area (Å²) in [4.78, 5) is 0. The van der Waals surface area contributed by atoms with Crippen LogP contribution in [0.4, 0.5) is 0 Å². The molecule has 0 fully saturated rings. The number of hydrogen-bond donors (Lipinski definition) is 1. The fourth-order valence-electron chi connectivity index (χ4n) is 2.80. The lowest BCUT2D eigenvalue weighted by atomic mass is 10.5. The van der Waals surface area contributed by atoms with E-state index in [1.807, 2.05) is 6.92 Å². The standard InChI is InChI=1S/C13H28O2Si/c1-10(2)16(11(3)4,12(5)6)15-13(7)8-9-14/h8,10-12,14H,9H2,1-7H3. The summed E-state index contributed by atoms with van der Waals surface area (Å²) in [5.41, 5.74) is 1.73. The SMILES string of the molecule is CC(=CCO)O[Si](C(C)C)(C(C)C)C(C)C. The van der Waals surface area contributed by atoms with Crippen LogP contribution in [0.15, 0.2) is 11.8 Å². The van der Waals surface area contributed by atoms with Gasteiger partial charge in [0.15, 0.2) is 0 Å². The lowest BCUT2D eigenvalue weighted by Gasteiger charge is -2.42. The van der Waals surface area contributed by atoms with Gasteiger partial charge in [-0.25, -0.2) is 0 Å². The average Bonchev–Trinajstić information content (AvgIpc) is 2.12. The molecule has 0 bridgehead atoms. The quantitative estimate of drug-likeness (QED) is 0.563. The zero-order valence-corrected chi connectivity index (χ0v) is 12.9. The Balaban J connectivity index is 5.13. The van der Waals surface area contributed by atoms with Crippen LogP contribution < -0.4 is 0 Å². The third-order valence-corrected chi connectivity index (χ3v) is 9.51. The van der Waals surface area contributed by atoms with Gasteiger partial charge in [0.05, 0.1) is 12.4 Å². The second-order valence-electron chi connectivity index (χ2n) is 5.42. The number of hydrogen-bond acceptors (Lipinski definition) is 2. The van der Waals surface area contributed by atoms with Gasteiger partial charge >= 0.3 is 0 Å². The highest BCUT2D eigenvalue weighted by Crippen LogP contribution is 2.43. The first-order valence-electron chi connectivity index (χ1n) is 6.25. The molecule has 0 atom stereocenters. The third kappa shape index (κ3) is 3.35. The lowest BCUT2D eigenvalue weighted by Crippen LogP contribution is -2.47. The van der Waals surface area contributed by atoms with E-state index in [-0.39, 0.29) is 6.61 Å². The van der Waals surface area contributed by atoms with Crippen LogP contribution in [0, 0.1) is 0 Å². The molecule has 0 aliphatic heterocycles. The second kappa shape index (κ2) is 6.45. The minimum Gasteiger partial charge on any atom is -0.546 e. The Labute approximate surface area is 102 Å². The molecule has 0 aromatic heterocycles. The van der Waals surface area contributed by atoms with Gasteiger partial charge in [-0.3, -0.25) is 0 Å². The Kier molecular flexibility index (Phi) is 6.34. The molecule has 0 rings (SSSR count). The predicted octanol–water partition coefficient (Wildman–Crippen LogP) is 4.07. The van der Waals surface area contributed by atoms with E-state index in [4.69, 9.17) is 9.53 Å². The fourth-order valence-corrected chi connectivity index (χ4v) is 8.15. The van der Waals surface area contributed by atoms with Gasteiger partial charge in [0.2, 0.25) is 0 Å². The molecule has 0 heterocycles. The van der Waals surface area contributed by atoms with E-state index in [0.717, 1.165) is 5.76 Å². The second-order valence-corrected chi connectivity index (χ2v) is 10.8. The summed E-state index contributed by atoms with van der Waals surface area (Å²) in [5.74, 6) is 0.880. The largest absolute Gasteiger partial charge is 0.546 e. The van der Waals surface area contributed by atoms with Crippen molar-refractivity contribution in [2.45, 2.75) is 65.1 Å². The minimum atomic E-state index is -1.81. The lowest BCUT2D eigenvalue weighted by molar-refractivity contribution is 0.324. The van der Waals surface area contributed by atoms with E-state index in [1.165, 1.54) is 0 Å². The number of aliphatic hydroxyl groups excluding tert-OH is 1. The molecule has 0 unspecified atom stereocenters. The van der Waals surface area contributed by atoms with Crippen LogP contribution >= 0.6 is 0 Å². The summed E-state index contributed by atoms with van der Waals surface area (Å²) in [7, 11) is -1.81. The molecule has 0 aliphatic rings. The molecule has 0 amide bonds. The van der Waals surface area contributed by atoms with E-state index >= 15 is 0 Å². The maximum Gasteiger partial charge on any atom is 0.258 e. The van der Waals surface area contributed by atoms with E-state index in [0.29, 0.717) is 16.6 Å². The molecular weight excluding hydrogens is 216 g/mol. The zero-order valence-electron chi connectivity index (χ0n) is 11.9. The van der Waals surface area contributed by atoms with Gasteiger partial charge in [-0.2, -0.15) is 0 Å². The van der Waals surface area contributed by atoms with Crippen LogP contribution in [-0.2, 0) is 4.43 Å². The maximum atomic E-state index is 8.91. The maximum absolute atomic E-state index is 8.91. The Morgan fingerprint density at radius 3 is 1.69 bits per heavy atom. The highest BCUT2D eigenvalue weighted by molar-refractivity contribution is 6.77. The molecular formula is C13H28O2Si. The van der Waals surface area contributed by atoms with Crippen molar-refractivity contribution in [3.05, 3.63) is 11.8 Å². The number of rotatable bonds is 6. The summed E-state index contributed by atoms with van der Waals surface area (Å²) in [6.07, 6.45) is 1.76. The van der Waals surface area contributed by atoms with Gasteiger partial charge in [0.25, 0.3) is 8.32 Å². The first kappa shape index (κ1) is 15.7. The molecule has 0 aliphatic carbocycles. The number of aliphatic hydroxyl groups is 1. The van der Waals surface area contributed by atoms with E-state index in [1.54, 1.807) is 6.08 Å². The van der Waals surface area contributed by atoms with Gasteiger partial charge in [-0.15, -0.1) is 0 Å². The smallest absolute Gasteiger partial charge is 0.258 e. The van der Waals surface area contributed by atoms with Crippen LogP contribution in [0.5, 0.6) is 0 Å². The van der Waals surface area contributed by atoms with E-state index < -0.39 is 8.32 Å². The minimum absolute atomic E-state index is 0.0601. The molecule has 0 radical (unpaired) electrons. The van der Waals surface area contributed by atoms with Crippen molar-refractivity contribution in [1.29, 1.82) is 0 Å². The molecule has 0 aromatic rings. The van der Waals surface area contributed by atoms with Crippen molar-refractivity contribution in [2.24, 2.45) is 0 Å². The van der Waals surface area contributed by atoms with E-state index in [2.05, 4.69) is 41.5 Å². The molecule has 0 spiro atoms. The van der Waals surface area contributed by atoms with Crippen molar-refractivity contribution in [1.82, 2.24) is 0 Å². The summed E-state index contributed by atoms with van der Waals surface area (Å²) in [6.45, 7) is 15.6. The van der Waals surface area contributed by atoms with Gasteiger partial charge in [-0.05, 0) is 29.6 Å². The Hall–Kier alpha value is -0.283. The average molecular weight is 244 g/mol. The van der Waals surface area contributed by atoms with Crippen LogP contribution in [0.2, 0.25) is 16.6 Å². The van der Waals surface area contributed by atoms with Crippen molar-refractivity contribution in [2.75, 3.05) is 6.61 Å². The zero-order chi connectivity index (χ0) is 12.9. The molecule has 0 saturated heterocycles. The molecule has 16 heavy (non-hydrogen) atoms. The topological polar surface area (TPSA) is 29.5 Å². The van der Waals surface area contributed by atoms with Crippen molar-refractivity contribution >= 4 is 8.32 Å². The third-order valence-electron chi connectivity index (χ3n) is 3.42. The first-order valence-corrected chi connectivity index (χ1v) is 8.39. The molecule has 0 aromatic carbocycles. The fraction of sp³-hybridized carbons (Fsp3) is 0.846. The highest BCUT2D eigenvalue weighted by atomic mass is 28.4. The van der Waals surface area contributed by atoms with Gasteiger partial charge in [-0.1, -0.05) is 41.5 Å². The highest BCUT2D eigenvalue weighted by Gasteiger charge is 2.46. The van der Waals surface area contributed by atoms with Crippen molar-refractivity contribution in [3.63, 3.8) is 0 Å². The van der Waals surface area contributed by atoms with Crippen LogP contribution in [0.25, 0.3) is 0 Å². The summed E-state index contributed by atoms with van der Waals surface area (Å²) in [5, 5.41) is 8.91. The van der Waals surface area contributed by atoms with Crippen molar-refractivity contribution in [3.8, 4) is 0 Å². The van der Waals surface area contributed by atoms with E-state index in [9.17, 15) is 0 Å². The molecule has 96 valence electrons. The molecule has 1 N–H and O–H groups in total. The predicted molar refractivity (Wildman–Crippen MR) is 73.0 cm³/mol. The summed E-state index contributed by atoms with van der Waals surface area (Å²) in [6, 6.07) is 0. The molecule has 2 nitrogen and oxygen atoms in total. The number of allylic oxidation sites excluding steroid dienone is 1. The van der Waals surface area contributed by atoms with Crippen LogP contribution in [0.3, 0.4) is 0 Å². The Morgan fingerprint density at radius 1 is 1.06 bits per heavy atom. The molecule has 0 saturated carbocycles. The Morgan fingerprint density at radius 2 is 1.44 bits per heavy atom. The van der Waals surface area contributed by atoms with Crippen LogP contribution in [0.1, 0.15) is 48.5 Å². The van der Waals surface area contributed by atoms with Gasteiger partial charge in [0.1, 0.15) is 0 Å². The van der Waals surface area contributed by atoms with Crippen LogP contribution in [-0.4, -0.2) is 20.0 Å². The first-order chi connectivity index (χ1) is 7.28. The van der Waals surface area contributed by atoms with Gasteiger partial charge < -0.3 is 9.53 Å². The summed E-state index contributed by atoms with van der Waals surface area (Å²) >= 11 is 0.